The summed E-state index contributed by atoms with van der Waals surface area (Å²) >= 11 is 5.38. The Morgan fingerprint density at radius 3 is 2.14 bits per heavy atom. The lowest BCUT2D eigenvalue weighted by atomic mass is 10.2. The smallest absolute Gasteiger partial charge is 0.213 e. The van der Waals surface area contributed by atoms with Gasteiger partial charge in [-0.3, -0.25) is 0 Å². The molecular weight excluding hydrogens is 288 g/mol. The van der Waals surface area contributed by atoms with Crippen molar-refractivity contribution < 1.29 is 14.2 Å². The predicted octanol–water partition coefficient (Wildman–Crippen LogP) is 2.90. The van der Waals surface area contributed by atoms with Crippen LogP contribution in [0.5, 0.6) is 17.4 Å². The summed E-state index contributed by atoms with van der Waals surface area (Å²) in [5.41, 5.74) is 1.27. The lowest BCUT2D eigenvalue weighted by molar-refractivity contribution is 0.397. The van der Waals surface area contributed by atoms with Crippen LogP contribution < -0.4 is 19.5 Å². The monoisotopic (exact) mass is 304 g/mol. The van der Waals surface area contributed by atoms with Gasteiger partial charge in [-0.05, 0) is 18.2 Å². The maximum Gasteiger partial charge on any atom is 0.213 e. The van der Waals surface area contributed by atoms with Gasteiger partial charge in [0.15, 0.2) is 0 Å². The predicted molar refractivity (Wildman–Crippen MR) is 85.7 cm³/mol. The second kappa shape index (κ2) is 6.90. The average molecular weight is 304 g/mol. The number of ether oxygens (including phenoxy) is 3. The highest BCUT2D eigenvalue weighted by molar-refractivity contribution is 7.81. The number of hydrogen-bond donors (Lipinski definition) is 1. The van der Waals surface area contributed by atoms with Gasteiger partial charge in [0.05, 0.1) is 21.3 Å². The van der Waals surface area contributed by atoms with Crippen LogP contribution in [0.3, 0.4) is 0 Å². The van der Waals surface area contributed by atoms with Crippen LogP contribution in [0.15, 0.2) is 36.4 Å². The van der Waals surface area contributed by atoms with Crippen LogP contribution in [0.2, 0.25) is 0 Å². The molecule has 0 atom stereocenters. The van der Waals surface area contributed by atoms with Gasteiger partial charge in [0.25, 0.3) is 0 Å². The molecule has 0 radical (unpaired) electrons. The van der Waals surface area contributed by atoms with Crippen LogP contribution >= 0.6 is 12.2 Å². The van der Waals surface area contributed by atoms with Crippen molar-refractivity contribution >= 4 is 22.9 Å². The van der Waals surface area contributed by atoms with Crippen LogP contribution in [0.25, 0.3) is 0 Å². The van der Waals surface area contributed by atoms with Gasteiger partial charge in [0, 0.05) is 6.07 Å². The Hall–Kier alpha value is -2.34. The van der Waals surface area contributed by atoms with Crippen molar-refractivity contribution in [3.05, 3.63) is 42.1 Å². The highest BCUT2D eigenvalue weighted by Gasteiger charge is 2.13. The van der Waals surface area contributed by atoms with Crippen LogP contribution in [0.1, 0.15) is 5.69 Å². The molecule has 6 heteroatoms. The molecule has 0 fully saturated rings. The number of pyridine rings is 1. The first-order chi connectivity index (χ1) is 10.2. The van der Waals surface area contributed by atoms with E-state index < -0.39 is 0 Å². The number of methoxy groups -OCH3 is 3. The summed E-state index contributed by atoms with van der Waals surface area (Å²) in [5.74, 6) is 1.78. The fraction of sp³-hybridized carbons (Fsp3) is 0.200. The van der Waals surface area contributed by atoms with Gasteiger partial charge in [-0.2, -0.15) is 0 Å². The number of thiocarbonyl (C=S) groups is 1. The van der Waals surface area contributed by atoms with Crippen LogP contribution in [-0.2, 0) is 0 Å². The Bertz CT molecular complexity index is 624. The molecule has 0 saturated heterocycles. The summed E-state index contributed by atoms with van der Waals surface area (Å²) in [4.78, 5) is 4.75. The average Bonchev–Trinajstić information content (AvgIpc) is 2.54. The second-order valence-corrected chi connectivity index (χ2v) is 4.47. The molecule has 1 N–H and O–H groups in total. The fourth-order valence-corrected chi connectivity index (χ4v) is 2.02. The van der Waals surface area contributed by atoms with Crippen LogP contribution in [0, 0.1) is 0 Å². The van der Waals surface area contributed by atoms with Gasteiger partial charge in [-0.1, -0.05) is 24.4 Å². The van der Waals surface area contributed by atoms with Gasteiger partial charge in [-0.25, -0.2) is 4.98 Å². The maximum atomic E-state index is 5.38. The number of anilines is 1. The van der Waals surface area contributed by atoms with E-state index in [9.17, 15) is 0 Å². The molecule has 2 rings (SSSR count). The van der Waals surface area contributed by atoms with Crippen LogP contribution in [-0.4, -0.2) is 31.3 Å². The zero-order valence-electron chi connectivity index (χ0n) is 12.0. The lowest BCUT2D eigenvalue weighted by Crippen LogP contribution is -2.14. The number of aromatic nitrogens is 1. The van der Waals surface area contributed by atoms with Crippen molar-refractivity contribution in [3.63, 3.8) is 0 Å². The third-order valence-corrected chi connectivity index (χ3v) is 3.14. The zero-order chi connectivity index (χ0) is 15.2. The molecule has 2 aromatic rings. The minimum Gasteiger partial charge on any atom is -0.494 e. The molecule has 0 saturated carbocycles. The third kappa shape index (κ3) is 3.41. The van der Waals surface area contributed by atoms with Gasteiger partial charge < -0.3 is 19.5 Å². The van der Waals surface area contributed by atoms with Gasteiger partial charge in [0.1, 0.15) is 27.9 Å². The molecule has 0 aliphatic carbocycles. The zero-order valence-corrected chi connectivity index (χ0v) is 12.9. The normalized spacial score (nSPS) is 9.86. The number of hydrogen-bond acceptors (Lipinski definition) is 5. The number of para-hydroxylation sites is 1. The third-order valence-electron chi connectivity index (χ3n) is 2.83. The molecule has 1 aromatic heterocycles. The largest absolute Gasteiger partial charge is 0.494 e. The molecule has 0 bridgehead atoms. The molecule has 0 spiro atoms. The molecule has 5 nitrogen and oxygen atoms in total. The van der Waals surface area contributed by atoms with E-state index in [1.807, 2.05) is 24.3 Å². The van der Waals surface area contributed by atoms with Crippen LogP contribution in [0.4, 0.5) is 5.69 Å². The Balaban J connectivity index is 2.30. The summed E-state index contributed by atoms with van der Waals surface area (Å²) in [6.07, 6.45) is 0. The van der Waals surface area contributed by atoms with E-state index in [-0.39, 0.29) is 0 Å². The Morgan fingerprint density at radius 1 is 0.952 bits per heavy atom. The molecule has 0 aliphatic heterocycles. The summed E-state index contributed by atoms with van der Waals surface area (Å²) in [6, 6.07) is 10.9. The van der Waals surface area contributed by atoms with E-state index in [4.69, 9.17) is 26.4 Å². The quantitative estimate of drug-likeness (QED) is 0.857. The summed E-state index contributed by atoms with van der Waals surface area (Å²) in [7, 11) is 4.74. The second-order valence-electron chi connectivity index (χ2n) is 4.06. The highest BCUT2D eigenvalue weighted by Crippen LogP contribution is 2.34. The molecule has 0 aliphatic rings. The topological polar surface area (TPSA) is 52.6 Å². The number of rotatable bonds is 5. The molecule has 21 heavy (non-hydrogen) atoms. The highest BCUT2D eigenvalue weighted by atomic mass is 32.1. The lowest BCUT2D eigenvalue weighted by Gasteiger charge is -2.15. The van der Waals surface area contributed by atoms with E-state index >= 15 is 0 Å². The van der Waals surface area contributed by atoms with Gasteiger partial charge >= 0.3 is 0 Å². The van der Waals surface area contributed by atoms with Crippen molar-refractivity contribution in [1.29, 1.82) is 0 Å². The van der Waals surface area contributed by atoms with E-state index in [1.54, 1.807) is 33.5 Å². The first kappa shape index (κ1) is 15.1. The molecule has 110 valence electrons. The minimum absolute atomic E-state index is 0.455. The Morgan fingerprint density at radius 2 is 1.57 bits per heavy atom. The van der Waals surface area contributed by atoms with Gasteiger partial charge in [-0.15, -0.1) is 0 Å². The standard InChI is InChI=1S/C15H16N2O3S/c1-18-11-7-5-8-12(19-2)14(11)17-15(21)10-6-4-9-13(16-10)20-3/h4-9H,1-3H3,(H,17,21). The van der Waals surface area contributed by atoms with Crippen molar-refractivity contribution in [2.24, 2.45) is 0 Å². The SMILES string of the molecule is COc1cccc(C(=S)Nc2c(OC)cccc2OC)n1. The van der Waals surface area contributed by atoms with E-state index in [1.165, 1.54) is 0 Å². The number of nitrogens with zero attached hydrogens (tertiary/aromatic N) is 1. The summed E-state index contributed by atoms with van der Waals surface area (Å²) in [6.45, 7) is 0. The fourth-order valence-electron chi connectivity index (χ4n) is 1.81. The first-order valence-electron chi connectivity index (χ1n) is 6.23. The van der Waals surface area contributed by atoms with Crippen molar-refractivity contribution in [2.75, 3.05) is 26.6 Å². The van der Waals surface area contributed by atoms with Crippen molar-refractivity contribution in [2.45, 2.75) is 0 Å². The van der Waals surface area contributed by atoms with Crippen molar-refractivity contribution in [1.82, 2.24) is 4.98 Å². The summed E-state index contributed by atoms with van der Waals surface area (Å²) < 4.78 is 15.7. The number of benzene rings is 1. The minimum atomic E-state index is 0.455. The molecule has 0 unspecified atom stereocenters. The molecule has 1 aromatic carbocycles. The van der Waals surface area contributed by atoms with E-state index in [0.717, 1.165) is 0 Å². The Kier molecular flexibility index (Phi) is 4.94. The van der Waals surface area contributed by atoms with E-state index in [0.29, 0.717) is 33.7 Å². The summed E-state index contributed by atoms with van der Waals surface area (Å²) in [5, 5.41) is 3.11. The number of nitrogens with one attached hydrogen (secondary N) is 1. The van der Waals surface area contributed by atoms with Crippen molar-refractivity contribution in [3.8, 4) is 17.4 Å². The first-order valence-corrected chi connectivity index (χ1v) is 6.63. The molecule has 0 amide bonds. The maximum absolute atomic E-state index is 5.38. The molecule has 1 heterocycles. The van der Waals surface area contributed by atoms with Gasteiger partial charge in [0.2, 0.25) is 5.88 Å². The Labute approximate surface area is 128 Å². The van der Waals surface area contributed by atoms with E-state index in [2.05, 4.69) is 10.3 Å². The molecular formula is C15H16N2O3S.